The van der Waals surface area contributed by atoms with Crippen molar-refractivity contribution >= 4 is 22.9 Å². The first kappa shape index (κ1) is 13.3. The molecule has 0 spiro atoms. The van der Waals surface area contributed by atoms with E-state index >= 15 is 0 Å². The number of para-hydroxylation sites is 1. The number of hydrogen-bond acceptors (Lipinski definition) is 3. The number of fused-ring (bicyclic) bond motifs is 1. The third kappa shape index (κ3) is 2.24. The summed E-state index contributed by atoms with van der Waals surface area (Å²) in [5.41, 5.74) is 2.33. The van der Waals surface area contributed by atoms with Crippen molar-refractivity contribution in [3.8, 4) is 0 Å². The van der Waals surface area contributed by atoms with E-state index in [0.717, 1.165) is 35.0 Å². The predicted molar refractivity (Wildman–Crippen MR) is 82.6 cm³/mol. The van der Waals surface area contributed by atoms with Crippen molar-refractivity contribution in [1.82, 2.24) is 4.98 Å². The van der Waals surface area contributed by atoms with Crippen LogP contribution in [0.3, 0.4) is 0 Å². The third-order valence-electron chi connectivity index (χ3n) is 3.86. The summed E-state index contributed by atoms with van der Waals surface area (Å²) in [6, 6.07) is 8.22. The van der Waals surface area contributed by atoms with Crippen LogP contribution in [-0.2, 0) is 6.42 Å². The van der Waals surface area contributed by atoms with Crippen LogP contribution >= 0.6 is 11.3 Å². The smallest absolute Gasteiger partial charge is 0.269 e. The van der Waals surface area contributed by atoms with Gasteiger partial charge in [-0.2, -0.15) is 0 Å². The van der Waals surface area contributed by atoms with E-state index in [1.54, 1.807) is 6.20 Å². The fraction of sp³-hybridized carbons (Fsp3) is 0.375. The molecule has 1 amide bonds. The van der Waals surface area contributed by atoms with E-state index in [0.29, 0.717) is 5.92 Å². The fourth-order valence-electron chi connectivity index (χ4n) is 2.67. The minimum absolute atomic E-state index is 0.0848. The van der Waals surface area contributed by atoms with Gasteiger partial charge in [0.2, 0.25) is 0 Å². The lowest BCUT2D eigenvalue weighted by Gasteiger charge is -2.32. The molecular weight excluding hydrogens is 268 g/mol. The minimum Gasteiger partial charge on any atom is -0.307 e. The first-order valence-electron chi connectivity index (χ1n) is 7.06. The standard InChI is InChI=1S/C16H18N2OS/c1-3-15-17-10-14(20-15)16(19)18-9-8-11(2)12-6-4-5-7-13(12)18/h4-7,10-11H,3,8-9H2,1-2H3. The molecule has 1 aromatic heterocycles. The number of hydrogen-bond donors (Lipinski definition) is 0. The number of rotatable bonds is 2. The number of aryl methyl sites for hydroxylation is 1. The molecule has 104 valence electrons. The molecule has 1 aliphatic heterocycles. The van der Waals surface area contributed by atoms with E-state index in [2.05, 4.69) is 24.9 Å². The number of carbonyl (C=O) groups is 1. The van der Waals surface area contributed by atoms with Crippen molar-refractivity contribution < 1.29 is 4.79 Å². The largest absolute Gasteiger partial charge is 0.307 e. The first-order chi connectivity index (χ1) is 9.70. The molecule has 2 heterocycles. The van der Waals surface area contributed by atoms with Crippen molar-refractivity contribution in [3.05, 3.63) is 45.9 Å². The first-order valence-corrected chi connectivity index (χ1v) is 7.88. The van der Waals surface area contributed by atoms with Crippen molar-refractivity contribution in [3.63, 3.8) is 0 Å². The summed E-state index contributed by atoms with van der Waals surface area (Å²) in [5, 5.41) is 1.02. The molecule has 1 aliphatic rings. The molecule has 0 saturated carbocycles. The number of aromatic nitrogens is 1. The molecule has 0 radical (unpaired) electrons. The Morgan fingerprint density at radius 2 is 2.25 bits per heavy atom. The van der Waals surface area contributed by atoms with Crippen LogP contribution in [-0.4, -0.2) is 17.4 Å². The predicted octanol–water partition coefficient (Wildman–Crippen LogP) is 3.86. The molecule has 0 saturated heterocycles. The zero-order chi connectivity index (χ0) is 14.1. The Morgan fingerprint density at radius 3 is 3.00 bits per heavy atom. The molecule has 1 atom stereocenters. The Hall–Kier alpha value is -1.68. The maximum atomic E-state index is 12.7. The van der Waals surface area contributed by atoms with Gasteiger partial charge in [-0.1, -0.05) is 32.0 Å². The van der Waals surface area contributed by atoms with Gasteiger partial charge in [-0.05, 0) is 30.4 Å². The number of nitrogens with zero attached hydrogens (tertiary/aromatic N) is 2. The zero-order valence-electron chi connectivity index (χ0n) is 11.8. The zero-order valence-corrected chi connectivity index (χ0v) is 12.6. The SMILES string of the molecule is CCc1ncc(C(=O)N2CCC(C)c3ccccc32)s1. The summed E-state index contributed by atoms with van der Waals surface area (Å²) in [7, 11) is 0. The highest BCUT2D eigenvalue weighted by Gasteiger charge is 2.27. The van der Waals surface area contributed by atoms with Crippen molar-refractivity contribution in [1.29, 1.82) is 0 Å². The molecular formula is C16H18N2OS. The monoisotopic (exact) mass is 286 g/mol. The Morgan fingerprint density at radius 1 is 1.45 bits per heavy atom. The molecule has 0 aliphatic carbocycles. The topological polar surface area (TPSA) is 33.2 Å². The lowest BCUT2D eigenvalue weighted by atomic mass is 9.91. The fourth-order valence-corrected chi connectivity index (χ4v) is 3.47. The van der Waals surface area contributed by atoms with Gasteiger partial charge < -0.3 is 4.90 Å². The quantitative estimate of drug-likeness (QED) is 0.840. The van der Waals surface area contributed by atoms with Crippen LogP contribution in [0.5, 0.6) is 0 Å². The van der Waals surface area contributed by atoms with Crippen molar-refractivity contribution in [2.75, 3.05) is 11.4 Å². The van der Waals surface area contributed by atoms with Gasteiger partial charge in [-0.3, -0.25) is 4.79 Å². The van der Waals surface area contributed by atoms with E-state index in [-0.39, 0.29) is 5.91 Å². The lowest BCUT2D eigenvalue weighted by Crippen LogP contribution is -2.35. The van der Waals surface area contributed by atoms with Crippen molar-refractivity contribution in [2.24, 2.45) is 0 Å². The summed E-state index contributed by atoms with van der Waals surface area (Å²) in [6.45, 7) is 5.07. The van der Waals surface area contributed by atoms with Crippen molar-refractivity contribution in [2.45, 2.75) is 32.6 Å². The van der Waals surface area contributed by atoms with Crippen LogP contribution in [0.15, 0.2) is 30.5 Å². The average Bonchev–Trinajstić information content (AvgIpc) is 2.96. The number of thiazole rings is 1. The second-order valence-electron chi connectivity index (χ2n) is 5.18. The Balaban J connectivity index is 1.95. The number of anilines is 1. The van der Waals surface area contributed by atoms with Crippen LogP contribution in [0.2, 0.25) is 0 Å². The normalized spacial score (nSPS) is 17.9. The summed E-state index contributed by atoms with van der Waals surface area (Å²) in [6.07, 6.45) is 3.61. The molecule has 0 N–H and O–H groups in total. The average molecular weight is 286 g/mol. The number of benzene rings is 1. The molecule has 3 nitrogen and oxygen atoms in total. The van der Waals surface area contributed by atoms with Gasteiger partial charge in [0, 0.05) is 12.2 Å². The highest BCUT2D eigenvalue weighted by atomic mass is 32.1. The maximum Gasteiger partial charge on any atom is 0.269 e. The van der Waals surface area contributed by atoms with Gasteiger partial charge >= 0.3 is 0 Å². The molecule has 4 heteroatoms. The van der Waals surface area contributed by atoms with Crippen LogP contribution in [0, 0.1) is 0 Å². The van der Waals surface area contributed by atoms with E-state index in [1.807, 2.05) is 23.1 Å². The lowest BCUT2D eigenvalue weighted by molar-refractivity contribution is 0.0988. The Labute approximate surface area is 123 Å². The number of amides is 1. The molecule has 0 fully saturated rings. The molecule has 3 rings (SSSR count). The van der Waals surface area contributed by atoms with Gasteiger partial charge in [0.1, 0.15) is 4.88 Å². The van der Waals surface area contributed by atoms with Crippen LogP contribution < -0.4 is 4.90 Å². The van der Waals surface area contributed by atoms with Gasteiger partial charge in [-0.25, -0.2) is 4.98 Å². The minimum atomic E-state index is 0.0848. The van der Waals surface area contributed by atoms with Gasteiger partial charge in [0.05, 0.1) is 11.2 Å². The van der Waals surface area contributed by atoms with Gasteiger partial charge in [-0.15, -0.1) is 11.3 Å². The van der Waals surface area contributed by atoms with E-state index < -0.39 is 0 Å². The van der Waals surface area contributed by atoms with Crippen LogP contribution in [0.4, 0.5) is 5.69 Å². The van der Waals surface area contributed by atoms with Gasteiger partial charge in [0.25, 0.3) is 5.91 Å². The second kappa shape index (κ2) is 5.37. The highest BCUT2D eigenvalue weighted by Crippen LogP contribution is 2.35. The molecule has 1 aromatic carbocycles. The Kier molecular flexibility index (Phi) is 3.57. The third-order valence-corrected chi connectivity index (χ3v) is 4.99. The van der Waals surface area contributed by atoms with Crippen LogP contribution in [0.1, 0.15) is 46.4 Å². The summed E-state index contributed by atoms with van der Waals surface area (Å²) in [4.78, 5) is 19.6. The summed E-state index contributed by atoms with van der Waals surface area (Å²) in [5.74, 6) is 0.601. The molecule has 2 aromatic rings. The van der Waals surface area contributed by atoms with E-state index in [9.17, 15) is 4.79 Å². The van der Waals surface area contributed by atoms with Crippen LogP contribution in [0.25, 0.3) is 0 Å². The number of carbonyl (C=O) groups excluding carboxylic acids is 1. The summed E-state index contributed by atoms with van der Waals surface area (Å²) >= 11 is 1.51. The molecule has 0 bridgehead atoms. The summed E-state index contributed by atoms with van der Waals surface area (Å²) < 4.78 is 0. The van der Waals surface area contributed by atoms with Gasteiger partial charge in [0.15, 0.2) is 0 Å². The maximum absolute atomic E-state index is 12.7. The van der Waals surface area contributed by atoms with E-state index in [1.165, 1.54) is 16.9 Å². The van der Waals surface area contributed by atoms with E-state index in [4.69, 9.17) is 0 Å². The molecule has 1 unspecified atom stereocenters. The Bertz CT molecular complexity index is 635. The molecule has 20 heavy (non-hydrogen) atoms. The second-order valence-corrected chi connectivity index (χ2v) is 6.29. The highest BCUT2D eigenvalue weighted by molar-refractivity contribution is 7.13.